The van der Waals surface area contributed by atoms with Gasteiger partial charge in [0.1, 0.15) is 5.82 Å². The molecule has 2 aromatic rings. The van der Waals surface area contributed by atoms with Crippen LogP contribution >= 0.6 is 0 Å². The van der Waals surface area contributed by atoms with Crippen molar-refractivity contribution in [2.45, 2.75) is 38.6 Å². The molecule has 28 heavy (non-hydrogen) atoms. The Bertz CT molecular complexity index is 862. The highest BCUT2D eigenvalue weighted by Crippen LogP contribution is 2.32. The van der Waals surface area contributed by atoms with Gasteiger partial charge in [-0.25, -0.2) is 4.98 Å². The van der Waals surface area contributed by atoms with E-state index in [0.717, 1.165) is 30.1 Å². The van der Waals surface area contributed by atoms with Gasteiger partial charge in [0.2, 0.25) is 6.79 Å². The van der Waals surface area contributed by atoms with Crippen molar-refractivity contribution in [1.82, 2.24) is 10.3 Å². The molecular weight excluding hydrogens is 354 g/mol. The number of rotatable bonds is 7. The summed E-state index contributed by atoms with van der Waals surface area (Å²) in [6.45, 7) is 1.54. The minimum Gasteiger partial charge on any atom is -0.454 e. The molecule has 4 rings (SSSR count). The fourth-order valence-electron chi connectivity index (χ4n) is 3.45. The van der Waals surface area contributed by atoms with E-state index in [4.69, 9.17) is 9.47 Å². The molecule has 0 saturated carbocycles. The number of nitrogens with one attached hydrogen (secondary N) is 2. The van der Waals surface area contributed by atoms with Gasteiger partial charge in [-0.3, -0.25) is 4.79 Å². The van der Waals surface area contributed by atoms with Crippen molar-refractivity contribution in [2.75, 3.05) is 18.7 Å². The summed E-state index contributed by atoms with van der Waals surface area (Å²) < 4.78 is 10.7. The number of carbonyl (C=O) groups is 1. The second-order valence-electron chi connectivity index (χ2n) is 7.09. The highest BCUT2D eigenvalue weighted by atomic mass is 16.7. The monoisotopic (exact) mass is 379 g/mol. The average Bonchev–Trinajstić information content (AvgIpc) is 3.21. The number of fused-ring (bicyclic) bond motifs is 1. The standard InChI is InChI=1S/C22H25N3O3/c26-22(25-13-17-6-8-19-20(12-17)28-15-27-19)18-7-9-21(24-14-18)23-11-10-16-4-2-1-3-5-16/h4,6-9,12,14H,1-3,5,10-11,13,15H2,(H,23,24)(H,25,26). The van der Waals surface area contributed by atoms with Gasteiger partial charge < -0.3 is 20.1 Å². The molecule has 1 aromatic carbocycles. The van der Waals surface area contributed by atoms with Gasteiger partial charge in [-0.1, -0.05) is 17.7 Å². The van der Waals surface area contributed by atoms with E-state index in [1.54, 1.807) is 17.8 Å². The van der Waals surface area contributed by atoms with Crippen LogP contribution in [-0.2, 0) is 6.54 Å². The molecule has 2 N–H and O–H groups in total. The average molecular weight is 379 g/mol. The zero-order chi connectivity index (χ0) is 19.2. The van der Waals surface area contributed by atoms with Crippen molar-refractivity contribution in [2.24, 2.45) is 0 Å². The van der Waals surface area contributed by atoms with Gasteiger partial charge in [0, 0.05) is 19.3 Å². The van der Waals surface area contributed by atoms with Crippen LogP contribution in [0.2, 0.25) is 0 Å². The van der Waals surface area contributed by atoms with Crippen LogP contribution < -0.4 is 20.1 Å². The maximum atomic E-state index is 12.3. The third kappa shape index (κ3) is 4.63. The molecule has 2 aliphatic rings. The molecule has 0 saturated heterocycles. The third-order valence-corrected chi connectivity index (χ3v) is 5.05. The number of allylic oxidation sites excluding steroid dienone is 1. The number of aromatic nitrogens is 1. The SMILES string of the molecule is O=C(NCc1ccc2c(c1)OCO2)c1ccc(NCCC2=CCCCC2)nc1. The summed E-state index contributed by atoms with van der Waals surface area (Å²) >= 11 is 0. The second kappa shape index (κ2) is 8.78. The Morgan fingerprint density at radius 3 is 2.86 bits per heavy atom. The summed E-state index contributed by atoms with van der Waals surface area (Å²) in [6, 6.07) is 9.31. The molecule has 146 valence electrons. The van der Waals surface area contributed by atoms with Crippen LogP contribution in [0.3, 0.4) is 0 Å². The highest BCUT2D eigenvalue weighted by Gasteiger charge is 2.14. The summed E-state index contributed by atoms with van der Waals surface area (Å²) in [6.07, 6.45) is 10.1. The number of benzene rings is 1. The maximum Gasteiger partial charge on any atom is 0.253 e. The summed E-state index contributed by atoms with van der Waals surface area (Å²) in [5.41, 5.74) is 3.04. The van der Waals surface area contributed by atoms with Crippen molar-refractivity contribution < 1.29 is 14.3 Å². The van der Waals surface area contributed by atoms with Gasteiger partial charge in [0.25, 0.3) is 5.91 Å². The molecule has 0 atom stereocenters. The van der Waals surface area contributed by atoms with E-state index in [1.807, 2.05) is 24.3 Å². The van der Waals surface area contributed by atoms with Crippen LogP contribution in [0.25, 0.3) is 0 Å². The van der Waals surface area contributed by atoms with Crippen LogP contribution in [0.4, 0.5) is 5.82 Å². The molecule has 6 nitrogen and oxygen atoms in total. The van der Waals surface area contributed by atoms with Crippen molar-refractivity contribution >= 4 is 11.7 Å². The lowest BCUT2D eigenvalue weighted by Gasteiger charge is -2.13. The van der Waals surface area contributed by atoms with Crippen molar-refractivity contribution in [1.29, 1.82) is 0 Å². The smallest absolute Gasteiger partial charge is 0.253 e. The van der Waals surface area contributed by atoms with Gasteiger partial charge in [-0.2, -0.15) is 0 Å². The van der Waals surface area contributed by atoms with E-state index in [9.17, 15) is 4.79 Å². The Balaban J connectivity index is 1.25. The predicted molar refractivity (Wildman–Crippen MR) is 108 cm³/mol. The molecule has 1 aromatic heterocycles. The van der Waals surface area contributed by atoms with Crippen LogP contribution in [0.1, 0.15) is 48.0 Å². The molecule has 0 radical (unpaired) electrons. The Morgan fingerprint density at radius 2 is 2.04 bits per heavy atom. The molecule has 2 heterocycles. The van der Waals surface area contributed by atoms with Crippen LogP contribution in [-0.4, -0.2) is 24.2 Å². The number of carbonyl (C=O) groups excluding carboxylic acids is 1. The predicted octanol–water partition coefficient (Wildman–Crippen LogP) is 4.04. The lowest BCUT2D eigenvalue weighted by molar-refractivity contribution is 0.0950. The van der Waals surface area contributed by atoms with Gasteiger partial charge in [0.05, 0.1) is 5.56 Å². The first-order valence-corrected chi connectivity index (χ1v) is 9.82. The van der Waals surface area contributed by atoms with Gasteiger partial charge in [-0.05, 0) is 61.9 Å². The molecule has 1 aliphatic heterocycles. The van der Waals surface area contributed by atoms with E-state index < -0.39 is 0 Å². The first-order valence-electron chi connectivity index (χ1n) is 9.82. The number of anilines is 1. The van der Waals surface area contributed by atoms with E-state index >= 15 is 0 Å². The van der Waals surface area contributed by atoms with Crippen LogP contribution in [0.15, 0.2) is 48.2 Å². The number of pyridine rings is 1. The first-order chi connectivity index (χ1) is 13.8. The second-order valence-corrected chi connectivity index (χ2v) is 7.09. The summed E-state index contributed by atoms with van der Waals surface area (Å²) in [5, 5.41) is 6.24. The Hall–Kier alpha value is -3.02. The molecule has 1 aliphatic carbocycles. The molecular formula is C22H25N3O3. The van der Waals surface area contributed by atoms with E-state index in [-0.39, 0.29) is 12.7 Å². The fourth-order valence-corrected chi connectivity index (χ4v) is 3.45. The normalized spacial score (nSPS) is 15.1. The van der Waals surface area contributed by atoms with Gasteiger partial charge >= 0.3 is 0 Å². The Kier molecular flexibility index (Phi) is 5.75. The van der Waals surface area contributed by atoms with Crippen LogP contribution in [0.5, 0.6) is 11.5 Å². The Labute approximate surface area is 165 Å². The fraction of sp³-hybridized carbons (Fsp3) is 0.364. The number of ether oxygens (including phenoxy) is 2. The summed E-state index contributed by atoms with van der Waals surface area (Å²) in [5.74, 6) is 2.10. The zero-order valence-corrected chi connectivity index (χ0v) is 15.9. The van der Waals surface area contributed by atoms with E-state index in [0.29, 0.717) is 17.9 Å². The van der Waals surface area contributed by atoms with E-state index in [2.05, 4.69) is 21.7 Å². The third-order valence-electron chi connectivity index (χ3n) is 5.05. The Morgan fingerprint density at radius 1 is 1.11 bits per heavy atom. The summed E-state index contributed by atoms with van der Waals surface area (Å²) in [7, 11) is 0. The van der Waals surface area contributed by atoms with Gasteiger partial charge in [0.15, 0.2) is 11.5 Å². The molecule has 0 unspecified atom stereocenters. The quantitative estimate of drug-likeness (QED) is 0.710. The molecule has 0 spiro atoms. The van der Waals surface area contributed by atoms with Gasteiger partial charge in [-0.15, -0.1) is 0 Å². The highest BCUT2D eigenvalue weighted by molar-refractivity contribution is 5.94. The maximum absolute atomic E-state index is 12.3. The largest absolute Gasteiger partial charge is 0.454 e. The van der Waals surface area contributed by atoms with Crippen LogP contribution in [0, 0.1) is 0 Å². The zero-order valence-electron chi connectivity index (χ0n) is 15.9. The summed E-state index contributed by atoms with van der Waals surface area (Å²) in [4.78, 5) is 16.7. The minimum absolute atomic E-state index is 0.149. The molecule has 1 amide bonds. The number of amides is 1. The molecule has 0 fully saturated rings. The van der Waals surface area contributed by atoms with Crippen molar-refractivity contribution in [3.8, 4) is 11.5 Å². The van der Waals surface area contributed by atoms with Crippen molar-refractivity contribution in [3.05, 3.63) is 59.3 Å². The molecule has 6 heteroatoms. The number of nitrogens with zero attached hydrogens (tertiary/aromatic N) is 1. The topological polar surface area (TPSA) is 72.5 Å². The lowest BCUT2D eigenvalue weighted by atomic mass is 9.97. The first kappa shape index (κ1) is 18.3. The van der Waals surface area contributed by atoms with Crippen molar-refractivity contribution in [3.63, 3.8) is 0 Å². The molecule has 0 bridgehead atoms. The van der Waals surface area contributed by atoms with E-state index in [1.165, 1.54) is 25.7 Å². The minimum atomic E-state index is -0.149. The lowest BCUT2D eigenvalue weighted by Crippen LogP contribution is -2.23. The number of hydrogen-bond donors (Lipinski definition) is 2. The number of hydrogen-bond acceptors (Lipinski definition) is 5.